The number of aromatic nitrogens is 6. The van der Waals surface area contributed by atoms with Crippen molar-refractivity contribution in [3.8, 4) is 16.9 Å². The molecule has 0 aliphatic rings. The zero-order chi connectivity index (χ0) is 20.0. The minimum atomic E-state index is 0.594. The summed E-state index contributed by atoms with van der Waals surface area (Å²) >= 11 is 3.03. The van der Waals surface area contributed by atoms with Crippen LogP contribution in [0.3, 0.4) is 0 Å². The highest BCUT2D eigenvalue weighted by molar-refractivity contribution is 7.99. The van der Waals surface area contributed by atoms with Crippen molar-refractivity contribution >= 4 is 39.1 Å². The summed E-state index contributed by atoms with van der Waals surface area (Å²) in [4.78, 5) is 18.9. The van der Waals surface area contributed by atoms with Crippen LogP contribution in [0.1, 0.15) is 11.4 Å². The highest BCUT2D eigenvalue weighted by atomic mass is 32.2. The lowest BCUT2D eigenvalue weighted by Gasteiger charge is -2.05. The first-order chi connectivity index (χ1) is 14.1. The van der Waals surface area contributed by atoms with Crippen molar-refractivity contribution in [2.45, 2.75) is 24.0 Å². The first kappa shape index (κ1) is 18.0. The van der Waals surface area contributed by atoms with Gasteiger partial charge < -0.3 is 4.74 Å². The fraction of sp³-hybridized carbons (Fsp3) is 0.150. The van der Waals surface area contributed by atoms with Crippen LogP contribution in [0.5, 0.6) is 5.75 Å². The van der Waals surface area contributed by atoms with Gasteiger partial charge in [-0.2, -0.15) is 4.98 Å². The molecule has 0 spiro atoms. The third kappa shape index (κ3) is 3.22. The summed E-state index contributed by atoms with van der Waals surface area (Å²) in [6.45, 7) is 3.95. The van der Waals surface area contributed by atoms with E-state index in [9.17, 15) is 0 Å². The standard InChI is InChI=1S/C20H16N6OS2/c1-11-8-12(2)26-19(23-11)24-20(25-26)29-18-16-15(9-28-17(16)21-10-22-18)13-4-6-14(27-3)7-5-13/h4-10H,1-3H3. The van der Waals surface area contributed by atoms with E-state index in [1.807, 2.05) is 44.2 Å². The maximum Gasteiger partial charge on any atom is 0.253 e. The Kier molecular flexibility index (Phi) is 4.40. The summed E-state index contributed by atoms with van der Waals surface area (Å²) in [5.41, 5.74) is 4.09. The molecule has 5 rings (SSSR count). The molecule has 0 saturated carbocycles. The molecule has 0 aliphatic carbocycles. The number of nitrogens with zero attached hydrogens (tertiary/aromatic N) is 6. The van der Waals surface area contributed by atoms with Gasteiger partial charge in [-0.3, -0.25) is 0 Å². The zero-order valence-corrected chi connectivity index (χ0v) is 17.6. The van der Waals surface area contributed by atoms with E-state index in [0.29, 0.717) is 10.9 Å². The molecule has 0 bridgehead atoms. The van der Waals surface area contributed by atoms with Crippen molar-refractivity contribution in [1.29, 1.82) is 0 Å². The maximum absolute atomic E-state index is 5.27. The Balaban J connectivity index is 1.60. The highest BCUT2D eigenvalue weighted by Crippen LogP contribution is 2.39. The molecule has 7 nitrogen and oxygen atoms in total. The van der Waals surface area contributed by atoms with E-state index in [1.54, 1.807) is 29.3 Å². The number of ether oxygens (including phenoxy) is 1. The van der Waals surface area contributed by atoms with Crippen molar-refractivity contribution in [2.24, 2.45) is 0 Å². The summed E-state index contributed by atoms with van der Waals surface area (Å²) in [7, 11) is 1.66. The van der Waals surface area contributed by atoms with Crippen molar-refractivity contribution in [3.63, 3.8) is 0 Å². The molecule has 29 heavy (non-hydrogen) atoms. The van der Waals surface area contributed by atoms with Crippen LogP contribution in [0.2, 0.25) is 0 Å². The molecular weight excluding hydrogens is 404 g/mol. The van der Waals surface area contributed by atoms with Gasteiger partial charge in [-0.25, -0.2) is 19.5 Å². The highest BCUT2D eigenvalue weighted by Gasteiger charge is 2.17. The van der Waals surface area contributed by atoms with E-state index in [-0.39, 0.29) is 0 Å². The van der Waals surface area contributed by atoms with Crippen LogP contribution in [0.4, 0.5) is 0 Å². The average molecular weight is 421 g/mol. The summed E-state index contributed by atoms with van der Waals surface area (Å²) < 4.78 is 7.03. The summed E-state index contributed by atoms with van der Waals surface area (Å²) in [5, 5.41) is 9.15. The SMILES string of the molecule is COc1ccc(-c2csc3ncnc(Sc4nc5nc(C)cc(C)n5n4)c23)cc1. The molecule has 1 aromatic carbocycles. The second-order valence-corrected chi connectivity index (χ2v) is 8.30. The van der Waals surface area contributed by atoms with Gasteiger partial charge in [-0.05, 0) is 49.4 Å². The van der Waals surface area contributed by atoms with Crippen LogP contribution >= 0.6 is 23.1 Å². The van der Waals surface area contributed by atoms with Gasteiger partial charge in [0.25, 0.3) is 5.78 Å². The van der Waals surface area contributed by atoms with Crippen molar-refractivity contribution < 1.29 is 4.74 Å². The number of thiophene rings is 1. The van der Waals surface area contributed by atoms with Gasteiger partial charge >= 0.3 is 0 Å². The lowest BCUT2D eigenvalue weighted by Crippen LogP contribution is -1.97. The number of benzene rings is 1. The van der Waals surface area contributed by atoms with E-state index in [2.05, 4.69) is 30.4 Å². The topological polar surface area (TPSA) is 78.1 Å². The fourth-order valence-electron chi connectivity index (χ4n) is 3.19. The largest absolute Gasteiger partial charge is 0.497 e. The number of methoxy groups -OCH3 is 1. The lowest BCUT2D eigenvalue weighted by atomic mass is 10.1. The zero-order valence-electron chi connectivity index (χ0n) is 15.9. The molecule has 0 N–H and O–H groups in total. The molecule has 0 aliphatic heterocycles. The van der Waals surface area contributed by atoms with Gasteiger partial charge in [0, 0.05) is 22.3 Å². The molecule has 0 unspecified atom stereocenters. The Morgan fingerprint density at radius 1 is 1.07 bits per heavy atom. The predicted molar refractivity (Wildman–Crippen MR) is 114 cm³/mol. The van der Waals surface area contributed by atoms with Crippen LogP contribution in [-0.2, 0) is 0 Å². The first-order valence-corrected chi connectivity index (χ1v) is 10.6. The molecule has 0 atom stereocenters. The minimum absolute atomic E-state index is 0.594. The molecule has 4 heterocycles. The Bertz CT molecular complexity index is 1340. The average Bonchev–Trinajstić information content (AvgIpc) is 3.33. The Morgan fingerprint density at radius 3 is 2.69 bits per heavy atom. The van der Waals surface area contributed by atoms with Gasteiger partial charge in [0.05, 0.1) is 12.5 Å². The van der Waals surface area contributed by atoms with Crippen molar-refractivity contribution in [1.82, 2.24) is 29.5 Å². The van der Waals surface area contributed by atoms with E-state index in [1.165, 1.54) is 11.8 Å². The molecule has 0 amide bonds. The third-order valence-corrected chi connectivity index (χ3v) is 6.27. The summed E-state index contributed by atoms with van der Waals surface area (Å²) in [6.07, 6.45) is 1.59. The predicted octanol–water partition coefficient (Wildman–Crippen LogP) is 4.57. The van der Waals surface area contributed by atoms with E-state index in [0.717, 1.165) is 43.5 Å². The number of hydrogen-bond donors (Lipinski definition) is 0. The summed E-state index contributed by atoms with van der Waals surface area (Å²) in [5.74, 6) is 1.42. The lowest BCUT2D eigenvalue weighted by molar-refractivity contribution is 0.415. The Labute approximate surface area is 174 Å². The number of rotatable bonds is 4. The quantitative estimate of drug-likeness (QED) is 0.394. The van der Waals surface area contributed by atoms with Gasteiger partial charge in [-0.15, -0.1) is 16.4 Å². The van der Waals surface area contributed by atoms with Crippen LogP contribution < -0.4 is 4.74 Å². The van der Waals surface area contributed by atoms with Crippen LogP contribution in [0, 0.1) is 13.8 Å². The van der Waals surface area contributed by atoms with Crippen molar-refractivity contribution in [3.05, 3.63) is 53.4 Å². The monoisotopic (exact) mass is 420 g/mol. The Morgan fingerprint density at radius 2 is 1.90 bits per heavy atom. The molecule has 0 saturated heterocycles. The van der Waals surface area contributed by atoms with E-state index >= 15 is 0 Å². The van der Waals surface area contributed by atoms with Crippen LogP contribution in [-0.4, -0.2) is 36.7 Å². The number of fused-ring (bicyclic) bond motifs is 2. The number of hydrogen-bond acceptors (Lipinski definition) is 8. The molecule has 0 radical (unpaired) electrons. The van der Waals surface area contributed by atoms with Gasteiger partial charge in [0.1, 0.15) is 21.9 Å². The molecule has 9 heteroatoms. The molecule has 5 aromatic rings. The van der Waals surface area contributed by atoms with E-state index < -0.39 is 0 Å². The second-order valence-electron chi connectivity index (χ2n) is 6.48. The van der Waals surface area contributed by atoms with Gasteiger partial charge in [-0.1, -0.05) is 12.1 Å². The van der Waals surface area contributed by atoms with Crippen LogP contribution in [0.25, 0.3) is 27.1 Å². The van der Waals surface area contributed by atoms with Crippen LogP contribution in [0.15, 0.2) is 52.2 Å². The molecule has 0 fully saturated rings. The first-order valence-electron chi connectivity index (χ1n) is 8.88. The molecule has 4 aromatic heterocycles. The third-order valence-electron chi connectivity index (χ3n) is 4.52. The summed E-state index contributed by atoms with van der Waals surface area (Å²) in [6, 6.07) is 9.98. The van der Waals surface area contributed by atoms with E-state index in [4.69, 9.17) is 4.74 Å². The van der Waals surface area contributed by atoms with Gasteiger partial charge in [0.15, 0.2) is 0 Å². The van der Waals surface area contributed by atoms with Crippen molar-refractivity contribution in [2.75, 3.05) is 7.11 Å². The fourth-order valence-corrected chi connectivity index (χ4v) is 5.00. The molecular formula is C20H16N6OS2. The normalized spacial score (nSPS) is 11.4. The minimum Gasteiger partial charge on any atom is -0.497 e. The smallest absolute Gasteiger partial charge is 0.253 e. The maximum atomic E-state index is 5.27. The second kappa shape index (κ2) is 7.09. The number of aryl methyl sites for hydroxylation is 2. The Hall–Kier alpha value is -3.04. The molecule has 144 valence electrons. The van der Waals surface area contributed by atoms with Gasteiger partial charge in [0.2, 0.25) is 5.16 Å².